The minimum absolute atomic E-state index is 0.558. The van der Waals surface area contributed by atoms with Crippen LogP contribution in [0.5, 0.6) is 0 Å². The first kappa shape index (κ1) is 17.8. The van der Waals surface area contributed by atoms with Gasteiger partial charge in [-0.25, -0.2) is 0 Å². The van der Waals surface area contributed by atoms with Crippen molar-refractivity contribution in [3.63, 3.8) is 0 Å². The largest absolute Gasteiger partial charge is 0.394 e. The summed E-state index contributed by atoms with van der Waals surface area (Å²) >= 11 is 0. The monoisotopic (exact) mass is 345 g/mol. The molecule has 3 rings (SSSR count). The second kappa shape index (κ2) is 7.45. The summed E-state index contributed by atoms with van der Waals surface area (Å²) in [4.78, 5) is 0. The Balaban J connectivity index is 1.82. The number of nitriles is 1. The zero-order chi connectivity index (χ0) is 18.0. The molecule has 1 heterocycles. The van der Waals surface area contributed by atoms with Crippen LogP contribution in [0, 0.1) is 11.3 Å². The van der Waals surface area contributed by atoms with Crippen LogP contribution in [0.15, 0.2) is 42.5 Å². The topological polar surface area (TPSA) is 123 Å². The van der Waals surface area contributed by atoms with Crippen molar-refractivity contribution >= 4 is 10.8 Å². The van der Waals surface area contributed by atoms with Crippen LogP contribution in [0.2, 0.25) is 0 Å². The average Bonchev–Trinajstić information content (AvgIpc) is 2.65. The molecular weight excluding hydrogens is 326 g/mol. The molecule has 0 saturated carbocycles. The average molecular weight is 345 g/mol. The zero-order valence-electron chi connectivity index (χ0n) is 13.3. The smallest absolute Gasteiger partial charge is 0.188 e. The number of hydrogen-bond acceptors (Lipinski definition) is 7. The quantitative estimate of drug-likeness (QED) is 0.625. The van der Waals surface area contributed by atoms with Crippen LogP contribution in [-0.4, -0.2) is 57.7 Å². The lowest BCUT2D eigenvalue weighted by atomic mass is 9.99. The van der Waals surface area contributed by atoms with Crippen LogP contribution in [-0.2, 0) is 9.47 Å². The second-order valence-electron chi connectivity index (χ2n) is 5.95. The first-order valence-corrected chi connectivity index (χ1v) is 7.89. The number of aliphatic hydroxyl groups excluding tert-OH is 4. The Morgan fingerprint density at radius 3 is 2.44 bits per heavy atom. The maximum atomic E-state index is 10.0. The van der Waals surface area contributed by atoms with Gasteiger partial charge >= 0.3 is 0 Å². The lowest BCUT2D eigenvalue weighted by Crippen LogP contribution is -2.59. The molecule has 1 fully saturated rings. The number of benzene rings is 2. The molecule has 7 heteroatoms. The van der Waals surface area contributed by atoms with E-state index < -0.39 is 43.4 Å². The summed E-state index contributed by atoms with van der Waals surface area (Å²) in [6, 6.07) is 15.0. The lowest BCUT2D eigenvalue weighted by molar-refractivity contribution is -0.307. The molecule has 25 heavy (non-hydrogen) atoms. The highest BCUT2D eigenvalue weighted by Gasteiger charge is 2.45. The normalized spacial score (nSPS) is 30.8. The van der Waals surface area contributed by atoms with Crippen molar-refractivity contribution in [1.29, 1.82) is 5.26 Å². The minimum atomic E-state index is -1.55. The third-order valence-electron chi connectivity index (χ3n) is 4.31. The molecular formula is C18H19NO6. The van der Waals surface area contributed by atoms with Crippen LogP contribution in [0.1, 0.15) is 11.7 Å². The standard InChI is InChI=1S/C18H19NO6/c19-8-13(12-6-5-10-3-1-2-4-11(10)7-12)24-18-17(23)16(22)15(21)14(9-20)25-18/h1-7,13-18,20-23H,9H2. The molecule has 6 unspecified atom stereocenters. The fourth-order valence-corrected chi connectivity index (χ4v) is 2.87. The number of aliphatic hydroxyl groups is 4. The SMILES string of the molecule is N#CC(OC1OC(CO)C(O)C(O)C1O)c1ccc2ccccc2c1. The predicted molar refractivity (Wildman–Crippen MR) is 87.2 cm³/mol. The molecule has 1 aliphatic heterocycles. The van der Waals surface area contributed by atoms with Gasteiger partial charge in [0.2, 0.25) is 0 Å². The van der Waals surface area contributed by atoms with Crippen molar-refractivity contribution in [3.8, 4) is 6.07 Å². The summed E-state index contributed by atoms with van der Waals surface area (Å²) in [6.07, 6.45) is -8.06. The van der Waals surface area contributed by atoms with E-state index >= 15 is 0 Å². The van der Waals surface area contributed by atoms with Gasteiger partial charge in [-0.05, 0) is 22.4 Å². The van der Waals surface area contributed by atoms with Crippen molar-refractivity contribution in [2.75, 3.05) is 6.61 Å². The summed E-state index contributed by atoms with van der Waals surface area (Å²) < 4.78 is 10.8. The number of hydrogen-bond donors (Lipinski definition) is 4. The maximum Gasteiger partial charge on any atom is 0.188 e. The Labute approximate surface area is 144 Å². The van der Waals surface area contributed by atoms with Gasteiger partial charge in [0, 0.05) is 0 Å². The number of fused-ring (bicyclic) bond motifs is 1. The summed E-state index contributed by atoms with van der Waals surface area (Å²) in [5.41, 5.74) is 0.568. The van der Waals surface area contributed by atoms with E-state index in [9.17, 15) is 25.7 Å². The minimum Gasteiger partial charge on any atom is -0.394 e. The van der Waals surface area contributed by atoms with E-state index in [0.717, 1.165) is 10.8 Å². The van der Waals surface area contributed by atoms with Gasteiger partial charge in [-0.2, -0.15) is 5.26 Å². The van der Waals surface area contributed by atoms with Crippen molar-refractivity contribution in [1.82, 2.24) is 0 Å². The Kier molecular flexibility index (Phi) is 5.30. The van der Waals surface area contributed by atoms with Crippen LogP contribution in [0.25, 0.3) is 10.8 Å². The van der Waals surface area contributed by atoms with Crippen molar-refractivity contribution in [2.24, 2.45) is 0 Å². The van der Waals surface area contributed by atoms with Gasteiger partial charge in [0.1, 0.15) is 24.4 Å². The molecule has 132 valence electrons. The van der Waals surface area contributed by atoms with Gasteiger partial charge in [-0.3, -0.25) is 0 Å². The Hall–Kier alpha value is -2.05. The first-order chi connectivity index (χ1) is 12.0. The van der Waals surface area contributed by atoms with Crippen LogP contribution >= 0.6 is 0 Å². The van der Waals surface area contributed by atoms with E-state index in [1.54, 1.807) is 12.1 Å². The third kappa shape index (κ3) is 3.50. The molecule has 1 saturated heterocycles. The van der Waals surface area contributed by atoms with Crippen LogP contribution < -0.4 is 0 Å². The van der Waals surface area contributed by atoms with E-state index in [2.05, 4.69) is 0 Å². The lowest BCUT2D eigenvalue weighted by Gasteiger charge is -2.40. The fourth-order valence-electron chi connectivity index (χ4n) is 2.87. The molecule has 6 atom stereocenters. The van der Waals surface area contributed by atoms with E-state index in [0.29, 0.717) is 5.56 Å². The van der Waals surface area contributed by atoms with Crippen LogP contribution in [0.3, 0.4) is 0 Å². The molecule has 0 aliphatic carbocycles. The fraction of sp³-hybridized carbons (Fsp3) is 0.389. The summed E-state index contributed by atoms with van der Waals surface area (Å²) in [5.74, 6) is 0. The van der Waals surface area contributed by atoms with Crippen molar-refractivity contribution < 1.29 is 29.9 Å². The number of rotatable bonds is 4. The van der Waals surface area contributed by atoms with Gasteiger partial charge in [0.15, 0.2) is 12.4 Å². The molecule has 7 nitrogen and oxygen atoms in total. The molecule has 0 amide bonds. The van der Waals surface area contributed by atoms with Gasteiger partial charge in [0.25, 0.3) is 0 Å². The van der Waals surface area contributed by atoms with Crippen molar-refractivity contribution in [3.05, 3.63) is 48.0 Å². The summed E-state index contributed by atoms with van der Waals surface area (Å²) in [5, 5.41) is 50.2. The Bertz CT molecular complexity index is 773. The van der Waals surface area contributed by atoms with Crippen LogP contribution in [0.4, 0.5) is 0 Å². The maximum absolute atomic E-state index is 10.0. The molecule has 0 radical (unpaired) electrons. The third-order valence-corrected chi connectivity index (χ3v) is 4.31. The van der Waals surface area contributed by atoms with Gasteiger partial charge in [-0.15, -0.1) is 0 Å². The highest BCUT2D eigenvalue weighted by atomic mass is 16.7. The molecule has 0 bridgehead atoms. The van der Waals surface area contributed by atoms with Gasteiger partial charge < -0.3 is 29.9 Å². The summed E-state index contributed by atoms with van der Waals surface area (Å²) in [6.45, 7) is -0.558. The van der Waals surface area contributed by atoms with Gasteiger partial charge in [0.05, 0.1) is 12.7 Å². The van der Waals surface area contributed by atoms with Gasteiger partial charge in [-0.1, -0.05) is 36.4 Å². The van der Waals surface area contributed by atoms with E-state index in [1.165, 1.54) is 0 Å². The molecule has 2 aromatic rings. The number of ether oxygens (including phenoxy) is 2. The number of nitrogens with zero attached hydrogens (tertiary/aromatic N) is 1. The van der Waals surface area contributed by atoms with E-state index in [-0.39, 0.29) is 0 Å². The highest BCUT2D eigenvalue weighted by molar-refractivity contribution is 5.83. The molecule has 4 N–H and O–H groups in total. The molecule has 0 spiro atoms. The van der Waals surface area contributed by atoms with E-state index in [4.69, 9.17) is 9.47 Å². The van der Waals surface area contributed by atoms with Crippen molar-refractivity contribution in [2.45, 2.75) is 36.8 Å². The Morgan fingerprint density at radius 2 is 1.76 bits per heavy atom. The predicted octanol–water partition coefficient (Wildman–Crippen LogP) is 0.221. The molecule has 1 aliphatic rings. The Morgan fingerprint density at radius 1 is 1.04 bits per heavy atom. The zero-order valence-corrected chi connectivity index (χ0v) is 13.3. The summed E-state index contributed by atoms with van der Waals surface area (Å²) in [7, 11) is 0. The first-order valence-electron chi connectivity index (χ1n) is 7.89. The van der Waals surface area contributed by atoms with E-state index in [1.807, 2.05) is 36.4 Å². The highest BCUT2D eigenvalue weighted by Crippen LogP contribution is 2.28. The second-order valence-corrected chi connectivity index (χ2v) is 5.95. The molecule has 0 aromatic heterocycles. The molecule has 2 aromatic carbocycles.